The molecule has 102 valence electrons. The Morgan fingerprint density at radius 1 is 1.42 bits per heavy atom. The van der Waals surface area contributed by atoms with E-state index in [1.807, 2.05) is 49.2 Å². The van der Waals surface area contributed by atoms with Crippen LogP contribution < -0.4 is 5.32 Å². The van der Waals surface area contributed by atoms with Gasteiger partial charge in [-0.05, 0) is 17.5 Å². The van der Waals surface area contributed by atoms with Crippen molar-refractivity contribution in [3.8, 4) is 10.6 Å². The van der Waals surface area contributed by atoms with Gasteiger partial charge in [-0.15, -0.1) is 11.3 Å². The highest BCUT2D eigenvalue weighted by atomic mass is 32.1. The summed E-state index contributed by atoms with van der Waals surface area (Å²) in [6, 6.07) is 6.07. The quantitative estimate of drug-likeness (QED) is 0.934. The predicted octanol–water partition coefficient (Wildman–Crippen LogP) is 2.77. The zero-order chi connectivity index (χ0) is 13.9. The lowest BCUT2D eigenvalue weighted by molar-refractivity contribution is -0.128. The molecule has 5 heteroatoms. The fourth-order valence-corrected chi connectivity index (χ4v) is 2.28. The summed E-state index contributed by atoms with van der Waals surface area (Å²) in [5.41, 5.74) is 0.642. The minimum Gasteiger partial charge on any atom is -0.354 e. The van der Waals surface area contributed by atoms with E-state index in [2.05, 4.69) is 16.5 Å². The molecule has 0 aliphatic heterocycles. The van der Waals surface area contributed by atoms with E-state index in [1.165, 1.54) is 0 Å². The maximum atomic E-state index is 11.7. The van der Waals surface area contributed by atoms with E-state index >= 15 is 0 Å². The summed E-state index contributed by atoms with van der Waals surface area (Å²) in [5, 5.41) is 9.45. The van der Waals surface area contributed by atoms with Crippen molar-refractivity contribution < 1.29 is 4.79 Å². The molecule has 2 aromatic heterocycles. The van der Waals surface area contributed by atoms with Gasteiger partial charge in [0.25, 0.3) is 0 Å². The number of hydrogen-bond donors (Lipinski definition) is 1. The van der Waals surface area contributed by atoms with Crippen LogP contribution >= 0.6 is 11.3 Å². The van der Waals surface area contributed by atoms with Gasteiger partial charge in [-0.3, -0.25) is 9.48 Å². The first-order valence-corrected chi connectivity index (χ1v) is 7.20. The van der Waals surface area contributed by atoms with E-state index in [0.717, 1.165) is 10.6 Å². The molecule has 0 spiro atoms. The van der Waals surface area contributed by atoms with Gasteiger partial charge in [-0.2, -0.15) is 5.10 Å². The average molecular weight is 277 g/mol. The van der Waals surface area contributed by atoms with E-state index in [0.29, 0.717) is 13.1 Å². The summed E-state index contributed by atoms with van der Waals surface area (Å²) >= 11 is 1.68. The highest BCUT2D eigenvalue weighted by molar-refractivity contribution is 7.13. The first-order valence-electron chi connectivity index (χ1n) is 6.32. The van der Waals surface area contributed by atoms with Gasteiger partial charge in [0.2, 0.25) is 5.91 Å². The minimum absolute atomic E-state index is 0.0677. The van der Waals surface area contributed by atoms with Gasteiger partial charge in [0.15, 0.2) is 0 Å². The Labute approximate surface area is 117 Å². The molecule has 0 aliphatic carbocycles. The summed E-state index contributed by atoms with van der Waals surface area (Å²) in [7, 11) is 0. The van der Waals surface area contributed by atoms with Crippen LogP contribution in [0.1, 0.15) is 20.8 Å². The van der Waals surface area contributed by atoms with Crippen molar-refractivity contribution in [1.29, 1.82) is 0 Å². The summed E-state index contributed by atoms with van der Waals surface area (Å²) < 4.78 is 1.86. The number of hydrogen-bond acceptors (Lipinski definition) is 3. The predicted molar refractivity (Wildman–Crippen MR) is 78.0 cm³/mol. The Kier molecular flexibility index (Phi) is 4.04. The van der Waals surface area contributed by atoms with Crippen LogP contribution in [0.3, 0.4) is 0 Å². The van der Waals surface area contributed by atoms with Gasteiger partial charge in [0, 0.05) is 18.2 Å². The molecule has 1 N–H and O–H groups in total. The molecule has 0 atom stereocenters. The molecule has 0 unspecified atom stereocenters. The van der Waals surface area contributed by atoms with Gasteiger partial charge < -0.3 is 5.32 Å². The van der Waals surface area contributed by atoms with Crippen molar-refractivity contribution >= 4 is 17.2 Å². The summed E-state index contributed by atoms with van der Waals surface area (Å²) in [6.07, 6.45) is 1.94. The van der Waals surface area contributed by atoms with Crippen LogP contribution in [0.25, 0.3) is 10.6 Å². The number of nitrogens with one attached hydrogen (secondary N) is 1. The molecule has 2 rings (SSSR count). The van der Waals surface area contributed by atoms with Crippen molar-refractivity contribution in [2.45, 2.75) is 27.3 Å². The normalized spacial score (nSPS) is 11.5. The first-order chi connectivity index (χ1) is 8.97. The fourth-order valence-electron chi connectivity index (χ4n) is 1.59. The molecular formula is C14H19N3OS. The third-order valence-corrected chi connectivity index (χ3v) is 3.61. The Morgan fingerprint density at radius 3 is 2.84 bits per heavy atom. The molecule has 0 saturated heterocycles. The lowest BCUT2D eigenvalue weighted by Crippen LogP contribution is -2.36. The average Bonchev–Trinajstić information content (AvgIpc) is 2.97. The van der Waals surface area contributed by atoms with Crippen LogP contribution in [0.2, 0.25) is 0 Å². The SMILES string of the molecule is CC(C)(C)C(=O)NCCn1ccc(-c2cccs2)n1. The Balaban J connectivity index is 1.86. The highest BCUT2D eigenvalue weighted by Crippen LogP contribution is 2.22. The molecule has 0 aliphatic rings. The second-order valence-corrected chi connectivity index (χ2v) is 6.39. The number of rotatable bonds is 4. The number of thiophene rings is 1. The van der Waals surface area contributed by atoms with Crippen LogP contribution in [0.15, 0.2) is 29.8 Å². The smallest absolute Gasteiger partial charge is 0.225 e. The van der Waals surface area contributed by atoms with Crippen molar-refractivity contribution in [3.63, 3.8) is 0 Å². The first kappa shape index (κ1) is 13.8. The molecule has 0 bridgehead atoms. The minimum atomic E-state index is -0.341. The van der Waals surface area contributed by atoms with Crippen molar-refractivity contribution in [3.05, 3.63) is 29.8 Å². The molecule has 0 saturated carbocycles. The number of aromatic nitrogens is 2. The van der Waals surface area contributed by atoms with Crippen LogP contribution in [0.4, 0.5) is 0 Å². The molecule has 19 heavy (non-hydrogen) atoms. The largest absolute Gasteiger partial charge is 0.354 e. The van der Waals surface area contributed by atoms with Gasteiger partial charge in [0.05, 0.1) is 11.4 Å². The van der Waals surface area contributed by atoms with Crippen molar-refractivity contribution in [2.24, 2.45) is 5.41 Å². The van der Waals surface area contributed by atoms with Crippen LogP contribution in [-0.4, -0.2) is 22.2 Å². The maximum absolute atomic E-state index is 11.7. The van der Waals surface area contributed by atoms with E-state index in [4.69, 9.17) is 0 Å². The van der Waals surface area contributed by atoms with Crippen LogP contribution in [0, 0.1) is 5.41 Å². The van der Waals surface area contributed by atoms with Gasteiger partial charge in [0.1, 0.15) is 5.69 Å². The zero-order valence-corrected chi connectivity index (χ0v) is 12.3. The molecule has 0 fully saturated rings. The third-order valence-electron chi connectivity index (χ3n) is 2.72. The Bertz CT molecular complexity index is 537. The number of carbonyl (C=O) groups is 1. The fraction of sp³-hybridized carbons (Fsp3) is 0.429. The van der Waals surface area contributed by atoms with E-state index < -0.39 is 0 Å². The molecule has 1 amide bonds. The monoisotopic (exact) mass is 277 g/mol. The summed E-state index contributed by atoms with van der Waals surface area (Å²) in [5.74, 6) is 0.0677. The number of nitrogens with zero attached hydrogens (tertiary/aromatic N) is 2. The Morgan fingerprint density at radius 2 is 2.21 bits per heavy atom. The topological polar surface area (TPSA) is 46.9 Å². The van der Waals surface area contributed by atoms with E-state index in [1.54, 1.807) is 11.3 Å². The highest BCUT2D eigenvalue weighted by Gasteiger charge is 2.20. The molecule has 2 aromatic rings. The van der Waals surface area contributed by atoms with E-state index in [9.17, 15) is 4.79 Å². The van der Waals surface area contributed by atoms with Gasteiger partial charge >= 0.3 is 0 Å². The summed E-state index contributed by atoms with van der Waals surface area (Å²) in [4.78, 5) is 12.9. The lowest BCUT2D eigenvalue weighted by Gasteiger charge is -2.17. The maximum Gasteiger partial charge on any atom is 0.225 e. The number of carbonyl (C=O) groups excluding carboxylic acids is 1. The molecule has 0 radical (unpaired) electrons. The van der Waals surface area contributed by atoms with Crippen LogP contribution in [-0.2, 0) is 11.3 Å². The molecule has 2 heterocycles. The lowest BCUT2D eigenvalue weighted by atomic mass is 9.96. The van der Waals surface area contributed by atoms with Gasteiger partial charge in [-0.1, -0.05) is 26.8 Å². The standard InChI is InChI=1S/C14H19N3OS/c1-14(2,3)13(18)15-7-9-17-8-6-11(16-17)12-5-4-10-19-12/h4-6,8,10H,7,9H2,1-3H3,(H,15,18). The summed E-state index contributed by atoms with van der Waals surface area (Å²) in [6.45, 7) is 7.01. The molecular weight excluding hydrogens is 258 g/mol. The Hall–Kier alpha value is -1.62. The molecule has 4 nitrogen and oxygen atoms in total. The van der Waals surface area contributed by atoms with Crippen molar-refractivity contribution in [1.82, 2.24) is 15.1 Å². The number of amides is 1. The van der Waals surface area contributed by atoms with Gasteiger partial charge in [-0.25, -0.2) is 0 Å². The second kappa shape index (κ2) is 5.57. The van der Waals surface area contributed by atoms with Crippen molar-refractivity contribution in [2.75, 3.05) is 6.54 Å². The molecule has 0 aromatic carbocycles. The zero-order valence-electron chi connectivity index (χ0n) is 11.5. The van der Waals surface area contributed by atoms with E-state index in [-0.39, 0.29) is 11.3 Å². The third kappa shape index (κ3) is 3.67. The van der Waals surface area contributed by atoms with Crippen LogP contribution in [0.5, 0.6) is 0 Å². The second-order valence-electron chi connectivity index (χ2n) is 5.45.